The van der Waals surface area contributed by atoms with Crippen LogP contribution >= 0.6 is 0 Å². The first kappa shape index (κ1) is 16.0. The first-order valence-corrected chi connectivity index (χ1v) is 7.33. The molecule has 0 spiro atoms. The summed E-state index contributed by atoms with van der Waals surface area (Å²) in [4.78, 5) is 11.4. The van der Waals surface area contributed by atoms with Gasteiger partial charge in [-0.15, -0.1) is 0 Å². The minimum atomic E-state index is -0.278. The summed E-state index contributed by atoms with van der Waals surface area (Å²) in [6, 6.07) is 8.07. The molecule has 0 aliphatic carbocycles. The molecular formula is C17H28O2. The molecule has 0 bridgehead atoms. The lowest BCUT2D eigenvalue weighted by atomic mass is 9.89. The molecule has 0 aliphatic heterocycles. The van der Waals surface area contributed by atoms with Gasteiger partial charge in [0.2, 0.25) is 0 Å². The second-order valence-corrected chi connectivity index (χ2v) is 6.15. The highest BCUT2D eigenvalue weighted by atomic mass is 17.2. The SMILES string of the molecule is CCCC(C)C(C)(C)OOc1ccccc1C(C)C. The lowest BCUT2D eigenvalue weighted by Crippen LogP contribution is -2.34. The number of hydrogen-bond acceptors (Lipinski definition) is 2. The van der Waals surface area contributed by atoms with E-state index in [0.29, 0.717) is 11.8 Å². The predicted molar refractivity (Wildman–Crippen MR) is 80.4 cm³/mol. The fourth-order valence-corrected chi connectivity index (χ4v) is 2.05. The van der Waals surface area contributed by atoms with Gasteiger partial charge in [0, 0.05) is 5.56 Å². The third-order valence-electron chi connectivity index (χ3n) is 3.80. The van der Waals surface area contributed by atoms with E-state index in [9.17, 15) is 0 Å². The molecule has 19 heavy (non-hydrogen) atoms. The number of para-hydroxylation sites is 1. The molecule has 2 nitrogen and oxygen atoms in total. The normalized spacial score (nSPS) is 13.6. The smallest absolute Gasteiger partial charge is 0.168 e. The van der Waals surface area contributed by atoms with Crippen molar-refractivity contribution in [1.82, 2.24) is 0 Å². The minimum absolute atomic E-state index is 0.278. The second-order valence-electron chi connectivity index (χ2n) is 6.15. The van der Waals surface area contributed by atoms with Crippen molar-refractivity contribution in [3.05, 3.63) is 29.8 Å². The summed E-state index contributed by atoms with van der Waals surface area (Å²) < 4.78 is 0. The monoisotopic (exact) mass is 264 g/mol. The summed E-state index contributed by atoms with van der Waals surface area (Å²) in [6.07, 6.45) is 2.30. The van der Waals surface area contributed by atoms with Crippen LogP contribution < -0.4 is 4.89 Å². The Hall–Kier alpha value is -1.02. The quantitative estimate of drug-likeness (QED) is 0.489. The number of hydrogen-bond donors (Lipinski definition) is 0. The highest BCUT2D eigenvalue weighted by Gasteiger charge is 2.28. The lowest BCUT2D eigenvalue weighted by molar-refractivity contribution is -0.295. The Morgan fingerprint density at radius 2 is 1.74 bits per heavy atom. The molecule has 0 heterocycles. The number of benzene rings is 1. The zero-order valence-electron chi connectivity index (χ0n) is 13.2. The molecule has 2 heteroatoms. The average molecular weight is 264 g/mol. The molecule has 0 saturated carbocycles. The van der Waals surface area contributed by atoms with Gasteiger partial charge in [-0.1, -0.05) is 52.3 Å². The van der Waals surface area contributed by atoms with Gasteiger partial charge in [-0.3, -0.25) is 0 Å². The molecule has 1 aromatic rings. The summed E-state index contributed by atoms with van der Waals surface area (Å²) >= 11 is 0. The first-order valence-electron chi connectivity index (χ1n) is 7.33. The summed E-state index contributed by atoms with van der Waals surface area (Å²) in [7, 11) is 0. The van der Waals surface area contributed by atoms with Gasteiger partial charge in [0.25, 0.3) is 0 Å². The van der Waals surface area contributed by atoms with Gasteiger partial charge >= 0.3 is 0 Å². The molecule has 0 radical (unpaired) electrons. The highest BCUT2D eigenvalue weighted by molar-refractivity contribution is 5.35. The molecule has 1 unspecified atom stereocenters. The van der Waals surface area contributed by atoms with Crippen molar-refractivity contribution in [2.75, 3.05) is 0 Å². The molecule has 0 aliphatic rings. The summed E-state index contributed by atoms with van der Waals surface area (Å²) in [5.41, 5.74) is 0.904. The standard InChI is InChI=1S/C17H28O2/c1-7-10-14(4)17(5,6)19-18-16-12-9-8-11-15(16)13(2)3/h8-9,11-14H,7,10H2,1-6H3. The molecule has 0 N–H and O–H groups in total. The van der Waals surface area contributed by atoms with Crippen molar-refractivity contribution >= 4 is 0 Å². The van der Waals surface area contributed by atoms with Crippen LogP contribution in [0.3, 0.4) is 0 Å². The van der Waals surface area contributed by atoms with E-state index < -0.39 is 0 Å². The topological polar surface area (TPSA) is 18.5 Å². The van der Waals surface area contributed by atoms with E-state index >= 15 is 0 Å². The summed E-state index contributed by atoms with van der Waals surface area (Å²) in [5, 5.41) is 0. The largest absolute Gasteiger partial charge is 0.337 e. The Labute approximate surface area is 118 Å². The third-order valence-corrected chi connectivity index (χ3v) is 3.80. The van der Waals surface area contributed by atoms with E-state index in [0.717, 1.165) is 18.6 Å². The summed E-state index contributed by atoms with van der Waals surface area (Å²) in [6.45, 7) is 12.9. The molecule has 1 atom stereocenters. The number of rotatable bonds is 7. The van der Waals surface area contributed by atoms with Crippen molar-refractivity contribution in [3.63, 3.8) is 0 Å². The van der Waals surface area contributed by atoms with E-state index in [1.54, 1.807) is 0 Å². The molecule has 0 saturated heterocycles. The maximum atomic E-state index is 5.72. The molecule has 0 amide bonds. The second kappa shape index (κ2) is 6.95. The van der Waals surface area contributed by atoms with Gasteiger partial charge in [-0.25, -0.2) is 0 Å². The average Bonchev–Trinajstić information content (AvgIpc) is 2.37. The predicted octanol–water partition coefficient (Wildman–Crippen LogP) is 5.34. The Morgan fingerprint density at radius 1 is 1.11 bits per heavy atom. The zero-order chi connectivity index (χ0) is 14.5. The summed E-state index contributed by atoms with van der Waals surface area (Å²) in [5.74, 6) is 1.72. The van der Waals surface area contributed by atoms with Gasteiger partial charge in [0.1, 0.15) is 5.60 Å². The van der Waals surface area contributed by atoms with Crippen LogP contribution in [0.4, 0.5) is 0 Å². The first-order chi connectivity index (χ1) is 8.88. The Balaban J connectivity index is 2.71. The van der Waals surface area contributed by atoms with Gasteiger partial charge in [0.05, 0.1) is 0 Å². The Morgan fingerprint density at radius 3 is 2.32 bits per heavy atom. The molecule has 0 aromatic heterocycles. The lowest BCUT2D eigenvalue weighted by Gasteiger charge is -2.30. The van der Waals surface area contributed by atoms with E-state index in [-0.39, 0.29) is 5.60 Å². The van der Waals surface area contributed by atoms with Gasteiger partial charge in [0.15, 0.2) is 5.75 Å². The Bertz CT molecular complexity index is 383. The third kappa shape index (κ3) is 4.54. The molecular weight excluding hydrogens is 236 g/mol. The van der Waals surface area contributed by atoms with Crippen LogP contribution in [0.1, 0.15) is 65.9 Å². The maximum absolute atomic E-state index is 5.72. The van der Waals surface area contributed by atoms with Gasteiger partial charge in [-0.2, -0.15) is 4.89 Å². The zero-order valence-corrected chi connectivity index (χ0v) is 13.2. The van der Waals surface area contributed by atoms with Crippen LogP contribution in [0.5, 0.6) is 5.75 Å². The van der Waals surface area contributed by atoms with Crippen LogP contribution in [-0.4, -0.2) is 5.60 Å². The van der Waals surface area contributed by atoms with Crippen molar-refractivity contribution in [3.8, 4) is 5.75 Å². The Kier molecular flexibility index (Phi) is 5.86. The minimum Gasteiger partial charge on any atom is -0.337 e. The molecule has 0 fully saturated rings. The van der Waals surface area contributed by atoms with E-state index in [2.05, 4.69) is 47.6 Å². The fraction of sp³-hybridized carbons (Fsp3) is 0.647. The van der Waals surface area contributed by atoms with Crippen molar-refractivity contribution in [1.29, 1.82) is 0 Å². The maximum Gasteiger partial charge on any atom is 0.168 e. The van der Waals surface area contributed by atoms with Crippen LogP contribution in [-0.2, 0) is 4.89 Å². The van der Waals surface area contributed by atoms with E-state index in [1.807, 2.05) is 18.2 Å². The fourth-order valence-electron chi connectivity index (χ4n) is 2.05. The van der Waals surface area contributed by atoms with E-state index in [4.69, 9.17) is 9.78 Å². The molecule has 1 rings (SSSR count). The van der Waals surface area contributed by atoms with E-state index in [1.165, 1.54) is 5.56 Å². The highest BCUT2D eigenvalue weighted by Crippen LogP contribution is 2.30. The van der Waals surface area contributed by atoms with Crippen LogP contribution in [0.15, 0.2) is 24.3 Å². The van der Waals surface area contributed by atoms with Crippen LogP contribution in [0, 0.1) is 5.92 Å². The van der Waals surface area contributed by atoms with Crippen molar-refractivity contribution in [2.45, 2.75) is 65.9 Å². The molecule has 108 valence electrons. The van der Waals surface area contributed by atoms with Gasteiger partial charge in [-0.05, 0) is 38.2 Å². The van der Waals surface area contributed by atoms with Crippen LogP contribution in [0.25, 0.3) is 0 Å². The van der Waals surface area contributed by atoms with Crippen LogP contribution in [0.2, 0.25) is 0 Å². The van der Waals surface area contributed by atoms with Gasteiger partial charge < -0.3 is 4.89 Å². The van der Waals surface area contributed by atoms with Crippen molar-refractivity contribution in [2.24, 2.45) is 5.92 Å². The molecule has 1 aromatic carbocycles. The van der Waals surface area contributed by atoms with Crippen molar-refractivity contribution < 1.29 is 9.78 Å².